The van der Waals surface area contributed by atoms with E-state index in [1.807, 2.05) is 0 Å². The fraction of sp³-hybridized carbons (Fsp3) is 0.286. The van der Waals surface area contributed by atoms with Crippen molar-refractivity contribution in [2.75, 3.05) is 13.1 Å². The van der Waals surface area contributed by atoms with E-state index < -0.39 is 0 Å². The van der Waals surface area contributed by atoms with Crippen LogP contribution in [0.2, 0.25) is 0 Å². The van der Waals surface area contributed by atoms with E-state index in [1.165, 1.54) is 0 Å². The van der Waals surface area contributed by atoms with Gasteiger partial charge in [-0.25, -0.2) is 0 Å². The van der Waals surface area contributed by atoms with Gasteiger partial charge in [0.2, 0.25) is 0 Å². The van der Waals surface area contributed by atoms with Gasteiger partial charge in [-0.1, -0.05) is 6.08 Å². The zero-order valence-corrected chi connectivity index (χ0v) is 4.85. The van der Waals surface area contributed by atoms with Gasteiger partial charge in [-0.2, -0.15) is 0 Å². The molecule has 0 amide bonds. The van der Waals surface area contributed by atoms with Gasteiger partial charge in [-0.05, 0) is 12.7 Å². The van der Waals surface area contributed by atoms with Crippen molar-refractivity contribution in [2.24, 2.45) is 0 Å². The maximum absolute atomic E-state index is 4.94. The summed E-state index contributed by atoms with van der Waals surface area (Å²) in [5, 5.41) is 3.02. The van der Waals surface area contributed by atoms with E-state index in [2.05, 4.69) is 17.6 Å². The summed E-state index contributed by atoms with van der Waals surface area (Å²) in [6.07, 6.45) is 3.52. The molecule has 43 valence electrons. The van der Waals surface area contributed by atoms with Crippen LogP contribution in [0.4, 0.5) is 0 Å². The molecule has 0 saturated heterocycles. The molecule has 1 radical (unpaired) electrons. The van der Waals surface area contributed by atoms with E-state index in [0.717, 1.165) is 13.1 Å². The zero-order chi connectivity index (χ0) is 6.24. The lowest BCUT2D eigenvalue weighted by molar-refractivity contribution is 0.845. The van der Waals surface area contributed by atoms with Crippen molar-refractivity contribution in [3.63, 3.8) is 0 Å². The highest BCUT2D eigenvalue weighted by Gasteiger charge is 1.71. The second-order valence-corrected chi connectivity index (χ2v) is 1.32. The molecule has 0 heterocycles. The fourth-order valence-electron chi connectivity index (χ4n) is 0.316. The van der Waals surface area contributed by atoms with Crippen molar-refractivity contribution < 1.29 is 0 Å². The Morgan fingerprint density at radius 2 is 2.38 bits per heavy atom. The van der Waals surface area contributed by atoms with Crippen LogP contribution in [0.25, 0.3) is 0 Å². The van der Waals surface area contributed by atoms with Gasteiger partial charge in [0.15, 0.2) is 0 Å². The molecular weight excluding hydrogens is 98.1 g/mol. The third kappa shape index (κ3) is 5.22. The van der Waals surface area contributed by atoms with Crippen molar-refractivity contribution in [3.8, 4) is 0 Å². The molecule has 1 N–H and O–H groups in total. The molecule has 8 heavy (non-hydrogen) atoms. The first-order chi connectivity index (χ1) is 3.91. The smallest absolute Gasteiger partial charge is 0.0212 e. The molecule has 1 nitrogen and oxygen atoms in total. The topological polar surface area (TPSA) is 12.0 Å². The Kier molecular flexibility index (Phi) is 5.61. The molecule has 0 saturated carbocycles. The summed E-state index contributed by atoms with van der Waals surface area (Å²) < 4.78 is 0. The Hall–Kier alpha value is -0.780. The first-order valence-electron chi connectivity index (χ1n) is 2.51. The van der Waals surface area contributed by atoms with E-state index in [4.69, 9.17) is 6.58 Å². The van der Waals surface area contributed by atoms with Crippen LogP contribution in [0.1, 0.15) is 0 Å². The highest BCUT2D eigenvalue weighted by atomic mass is 14.8. The van der Waals surface area contributed by atoms with E-state index in [-0.39, 0.29) is 0 Å². The van der Waals surface area contributed by atoms with Crippen molar-refractivity contribution >= 4 is 0 Å². The monoisotopic (exact) mass is 108 g/mol. The third-order valence-corrected chi connectivity index (χ3v) is 0.653. The second-order valence-electron chi connectivity index (χ2n) is 1.32. The van der Waals surface area contributed by atoms with Crippen molar-refractivity contribution in [3.05, 3.63) is 31.0 Å². The highest BCUT2D eigenvalue weighted by molar-refractivity contribution is 4.79. The molecule has 0 unspecified atom stereocenters. The number of hydrogen-bond acceptors (Lipinski definition) is 1. The summed E-state index contributed by atoms with van der Waals surface area (Å²) in [7, 11) is 0. The Balaban J connectivity index is 2.93. The maximum atomic E-state index is 4.94. The molecule has 0 atom stereocenters. The van der Waals surface area contributed by atoms with E-state index >= 15 is 0 Å². The highest BCUT2D eigenvalue weighted by Crippen LogP contribution is 1.61. The predicted octanol–water partition coefficient (Wildman–Crippen LogP) is 0.906. The molecule has 0 bridgehead atoms. The van der Waals surface area contributed by atoms with Crippen LogP contribution in [0.3, 0.4) is 0 Å². The van der Waals surface area contributed by atoms with Gasteiger partial charge < -0.3 is 5.32 Å². The lowest BCUT2D eigenvalue weighted by Gasteiger charge is -1.89. The minimum absolute atomic E-state index is 0.766. The lowest BCUT2D eigenvalue weighted by Crippen LogP contribution is -2.12. The van der Waals surface area contributed by atoms with Gasteiger partial charge in [0.05, 0.1) is 0 Å². The molecule has 0 aromatic carbocycles. The SMILES string of the molecule is [CH]=C=CCNCC=C. The average molecular weight is 108 g/mol. The summed E-state index contributed by atoms with van der Waals surface area (Å²) in [5.41, 5.74) is 2.40. The normalized spacial score (nSPS) is 7.50. The van der Waals surface area contributed by atoms with Crippen LogP contribution in [0.15, 0.2) is 24.5 Å². The zero-order valence-electron chi connectivity index (χ0n) is 4.85. The van der Waals surface area contributed by atoms with Gasteiger partial charge in [0.25, 0.3) is 0 Å². The van der Waals surface area contributed by atoms with Crippen LogP contribution in [0, 0.1) is 6.58 Å². The molecular formula is C7H10N. The molecule has 1 heteroatoms. The quantitative estimate of drug-likeness (QED) is 0.320. The molecule has 0 aliphatic carbocycles. The first-order valence-corrected chi connectivity index (χ1v) is 2.51. The van der Waals surface area contributed by atoms with E-state index in [9.17, 15) is 0 Å². The number of rotatable bonds is 4. The fourth-order valence-corrected chi connectivity index (χ4v) is 0.316. The lowest BCUT2D eigenvalue weighted by atomic mass is 10.5. The number of nitrogens with one attached hydrogen (secondary N) is 1. The second kappa shape index (κ2) is 6.22. The minimum Gasteiger partial charge on any atom is -0.309 e. The summed E-state index contributed by atoms with van der Waals surface area (Å²) in [4.78, 5) is 0. The van der Waals surface area contributed by atoms with Crippen LogP contribution >= 0.6 is 0 Å². The van der Waals surface area contributed by atoms with Crippen molar-refractivity contribution in [2.45, 2.75) is 0 Å². The molecule has 0 aliphatic rings. The number of hydrogen-bond donors (Lipinski definition) is 1. The van der Waals surface area contributed by atoms with Crippen LogP contribution in [0.5, 0.6) is 0 Å². The molecule has 0 aromatic heterocycles. The summed E-state index contributed by atoms with van der Waals surface area (Å²) >= 11 is 0. The third-order valence-electron chi connectivity index (χ3n) is 0.653. The van der Waals surface area contributed by atoms with E-state index in [1.54, 1.807) is 12.2 Å². The molecule has 0 aliphatic heterocycles. The molecule has 0 fully saturated rings. The first kappa shape index (κ1) is 7.22. The molecule has 0 rings (SSSR count). The van der Waals surface area contributed by atoms with Crippen LogP contribution in [-0.4, -0.2) is 13.1 Å². The van der Waals surface area contributed by atoms with Crippen LogP contribution in [-0.2, 0) is 0 Å². The minimum atomic E-state index is 0.766. The van der Waals surface area contributed by atoms with Crippen molar-refractivity contribution in [1.29, 1.82) is 0 Å². The Labute approximate surface area is 50.4 Å². The van der Waals surface area contributed by atoms with Gasteiger partial charge in [-0.3, -0.25) is 0 Å². The van der Waals surface area contributed by atoms with Crippen molar-refractivity contribution in [1.82, 2.24) is 5.32 Å². The van der Waals surface area contributed by atoms with Gasteiger partial charge in [0.1, 0.15) is 0 Å². The predicted molar refractivity (Wildman–Crippen MR) is 35.4 cm³/mol. The standard InChI is InChI=1S/C7H10N/c1-3-5-7-8-6-4-2/h1,4-5,8H,2,6-7H2. The largest absolute Gasteiger partial charge is 0.309 e. The maximum Gasteiger partial charge on any atom is 0.0212 e. The summed E-state index contributed by atoms with van der Waals surface area (Å²) in [6, 6.07) is 0. The Morgan fingerprint density at radius 3 is 2.88 bits per heavy atom. The summed E-state index contributed by atoms with van der Waals surface area (Å²) in [5.74, 6) is 0. The Bertz CT molecular complexity index is 99.0. The Morgan fingerprint density at radius 1 is 1.62 bits per heavy atom. The van der Waals surface area contributed by atoms with Crippen LogP contribution < -0.4 is 5.32 Å². The molecule has 0 aromatic rings. The summed E-state index contributed by atoms with van der Waals surface area (Å²) in [6.45, 7) is 10.1. The van der Waals surface area contributed by atoms with Gasteiger partial charge in [0, 0.05) is 13.1 Å². The molecule has 0 spiro atoms. The van der Waals surface area contributed by atoms with E-state index in [0.29, 0.717) is 0 Å². The average Bonchev–Trinajstić information content (AvgIpc) is 1.81. The van der Waals surface area contributed by atoms with Gasteiger partial charge in [-0.15, -0.1) is 12.3 Å². The van der Waals surface area contributed by atoms with Gasteiger partial charge >= 0.3 is 0 Å².